The molecule has 0 radical (unpaired) electrons. The molecule has 6 nitrogen and oxygen atoms in total. The van der Waals surface area contributed by atoms with Gasteiger partial charge in [0.15, 0.2) is 5.75 Å². The smallest absolute Gasteiger partial charge is 0.331 e. The van der Waals surface area contributed by atoms with Gasteiger partial charge in [0.25, 0.3) is 0 Å². The molecule has 2 rings (SSSR count). The Labute approximate surface area is 111 Å². The molecule has 1 aromatic rings. The number of rotatable bonds is 5. The number of hydrogen-bond acceptors (Lipinski definition) is 5. The number of para-hydroxylation sites is 2. The van der Waals surface area contributed by atoms with E-state index in [-0.39, 0.29) is 31.6 Å². The molecule has 0 unspecified atom stereocenters. The number of esters is 1. The molecule has 2 N–H and O–H groups in total. The highest BCUT2D eigenvalue weighted by Gasteiger charge is 2.24. The Kier molecular flexibility index (Phi) is 4.35. The molecular weight excluding hydrogens is 248 g/mol. The minimum atomic E-state index is -0.373. The topological polar surface area (TPSA) is 78.9 Å². The summed E-state index contributed by atoms with van der Waals surface area (Å²) in [5.41, 5.74) is 0.736. The van der Waals surface area contributed by atoms with Crippen LogP contribution in [0, 0.1) is 0 Å². The molecule has 6 heteroatoms. The van der Waals surface area contributed by atoms with Crippen LogP contribution >= 0.6 is 0 Å². The number of ether oxygens (including phenoxy) is 1. The molecular formula is C13H16N2O4. The quantitative estimate of drug-likeness (QED) is 0.441. The molecule has 0 aliphatic carbocycles. The maximum Gasteiger partial charge on any atom is 0.331 e. The summed E-state index contributed by atoms with van der Waals surface area (Å²) in [5.74, 6) is -0.0817. The Morgan fingerprint density at radius 3 is 3.00 bits per heavy atom. The monoisotopic (exact) mass is 264 g/mol. The third-order valence-corrected chi connectivity index (χ3v) is 2.74. The molecule has 102 valence electrons. The summed E-state index contributed by atoms with van der Waals surface area (Å²) < 4.78 is 5.10. The van der Waals surface area contributed by atoms with E-state index >= 15 is 0 Å². The number of aliphatic hydroxyl groups is 1. The standard InChI is InChI=1S/C13H16N2O4/c16-7-3-6-14-12(17)8-15-9-13(18)19-11-5-2-1-4-10(11)15/h1-2,4-5,16H,3,6-9H2,(H,14,17). The van der Waals surface area contributed by atoms with Crippen molar-refractivity contribution in [2.45, 2.75) is 6.42 Å². The minimum Gasteiger partial charge on any atom is -0.423 e. The van der Waals surface area contributed by atoms with Crippen LogP contribution in [0.4, 0.5) is 5.69 Å². The second-order valence-electron chi connectivity index (χ2n) is 4.22. The van der Waals surface area contributed by atoms with E-state index < -0.39 is 0 Å². The van der Waals surface area contributed by atoms with Crippen molar-refractivity contribution < 1.29 is 19.4 Å². The molecule has 1 aliphatic heterocycles. The van der Waals surface area contributed by atoms with Gasteiger partial charge in [-0.15, -0.1) is 0 Å². The second-order valence-corrected chi connectivity index (χ2v) is 4.22. The lowest BCUT2D eigenvalue weighted by Crippen LogP contribution is -2.43. The highest BCUT2D eigenvalue weighted by atomic mass is 16.5. The van der Waals surface area contributed by atoms with Gasteiger partial charge in [0.2, 0.25) is 5.91 Å². The first-order chi connectivity index (χ1) is 9.20. The molecule has 0 saturated carbocycles. The van der Waals surface area contributed by atoms with Crippen LogP contribution in [0.25, 0.3) is 0 Å². The fraction of sp³-hybridized carbons (Fsp3) is 0.385. The fourth-order valence-electron chi connectivity index (χ4n) is 1.88. The van der Waals surface area contributed by atoms with Gasteiger partial charge in [0.05, 0.1) is 12.2 Å². The zero-order chi connectivity index (χ0) is 13.7. The molecule has 1 aliphatic rings. The van der Waals surface area contributed by atoms with Crippen LogP contribution in [0.5, 0.6) is 5.75 Å². The van der Waals surface area contributed by atoms with Crippen molar-refractivity contribution in [2.75, 3.05) is 31.1 Å². The Bertz CT molecular complexity index is 475. The molecule has 0 bridgehead atoms. The van der Waals surface area contributed by atoms with Crippen LogP contribution in [-0.4, -0.2) is 43.2 Å². The molecule has 0 aromatic heterocycles. The van der Waals surface area contributed by atoms with Gasteiger partial charge in [-0.25, -0.2) is 4.79 Å². The number of benzene rings is 1. The fourth-order valence-corrected chi connectivity index (χ4v) is 1.88. The number of hydrogen-bond donors (Lipinski definition) is 2. The summed E-state index contributed by atoms with van der Waals surface area (Å²) in [7, 11) is 0. The summed E-state index contributed by atoms with van der Waals surface area (Å²) in [4.78, 5) is 24.8. The Hall–Kier alpha value is -2.08. The molecule has 0 spiro atoms. The number of carbonyl (C=O) groups is 2. The van der Waals surface area contributed by atoms with E-state index in [1.165, 1.54) is 0 Å². The molecule has 19 heavy (non-hydrogen) atoms. The third kappa shape index (κ3) is 3.45. The van der Waals surface area contributed by atoms with E-state index in [1.54, 1.807) is 17.0 Å². The second kappa shape index (κ2) is 6.19. The van der Waals surface area contributed by atoms with E-state index in [4.69, 9.17) is 9.84 Å². The van der Waals surface area contributed by atoms with Crippen LogP contribution < -0.4 is 15.0 Å². The zero-order valence-electron chi connectivity index (χ0n) is 10.5. The Morgan fingerprint density at radius 1 is 1.42 bits per heavy atom. The maximum atomic E-state index is 11.7. The van der Waals surface area contributed by atoms with E-state index in [1.807, 2.05) is 12.1 Å². The highest BCUT2D eigenvalue weighted by molar-refractivity contribution is 5.89. The summed E-state index contributed by atoms with van der Waals surface area (Å²) in [6.45, 7) is 0.621. The summed E-state index contributed by atoms with van der Waals surface area (Å²) in [6, 6.07) is 7.11. The predicted molar refractivity (Wildman–Crippen MR) is 69.0 cm³/mol. The Balaban J connectivity index is 2.00. The van der Waals surface area contributed by atoms with E-state index in [0.717, 1.165) is 5.69 Å². The zero-order valence-corrected chi connectivity index (χ0v) is 10.5. The third-order valence-electron chi connectivity index (χ3n) is 2.74. The summed E-state index contributed by atoms with van der Waals surface area (Å²) in [5, 5.41) is 11.3. The predicted octanol–water partition coefficient (Wildman–Crippen LogP) is -0.0894. The number of aliphatic hydroxyl groups excluding tert-OH is 1. The average Bonchev–Trinajstić information content (AvgIpc) is 2.39. The lowest BCUT2D eigenvalue weighted by molar-refractivity contribution is -0.133. The van der Waals surface area contributed by atoms with E-state index in [0.29, 0.717) is 18.7 Å². The number of nitrogens with one attached hydrogen (secondary N) is 1. The SMILES string of the molecule is O=C(CN1CC(=O)Oc2ccccc21)NCCCO. The van der Waals surface area contributed by atoms with Gasteiger partial charge in [-0.3, -0.25) is 4.79 Å². The van der Waals surface area contributed by atoms with Crippen molar-refractivity contribution >= 4 is 17.6 Å². The number of nitrogens with zero attached hydrogens (tertiary/aromatic N) is 1. The summed E-state index contributed by atoms with van der Waals surface area (Å²) >= 11 is 0. The first-order valence-electron chi connectivity index (χ1n) is 6.13. The van der Waals surface area contributed by atoms with E-state index in [2.05, 4.69) is 5.32 Å². The molecule has 1 amide bonds. The lowest BCUT2D eigenvalue weighted by atomic mass is 10.2. The van der Waals surface area contributed by atoms with Gasteiger partial charge >= 0.3 is 5.97 Å². The maximum absolute atomic E-state index is 11.7. The van der Waals surface area contributed by atoms with Crippen LogP contribution in [0.1, 0.15) is 6.42 Å². The van der Waals surface area contributed by atoms with E-state index in [9.17, 15) is 9.59 Å². The first kappa shape index (κ1) is 13.4. The molecule has 1 aromatic carbocycles. The lowest BCUT2D eigenvalue weighted by Gasteiger charge is -2.29. The van der Waals surface area contributed by atoms with Crippen molar-refractivity contribution in [1.29, 1.82) is 0 Å². The number of fused-ring (bicyclic) bond motifs is 1. The molecule has 0 fully saturated rings. The van der Waals surface area contributed by atoms with Crippen LogP contribution in [0.3, 0.4) is 0 Å². The Morgan fingerprint density at radius 2 is 2.21 bits per heavy atom. The van der Waals surface area contributed by atoms with Gasteiger partial charge in [0, 0.05) is 13.2 Å². The normalized spacial score (nSPS) is 13.7. The molecule has 1 heterocycles. The summed E-state index contributed by atoms with van der Waals surface area (Å²) in [6.07, 6.45) is 0.518. The largest absolute Gasteiger partial charge is 0.423 e. The van der Waals surface area contributed by atoms with Crippen molar-refractivity contribution in [3.63, 3.8) is 0 Å². The highest BCUT2D eigenvalue weighted by Crippen LogP contribution is 2.30. The van der Waals surface area contributed by atoms with Crippen molar-refractivity contribution in [3.05, 3.63) is 24.3 Å². The average molecular weight is 264 g/mol. The molecule has 0 saturated heterocycles. The van der Waals surface area contributed by atoms with Crippen LogP contribution in [0.2, 0.25) is 0 Å². The van der Waals surface area contributed by atoms with Gasteiger partial charge in [-0.05, 0) is 18.6 Å². The molecule has 0 atom stereocenters. The van der Waals surface area contributed by atoms with Crippen LogP contribution in [-0.2, 0) is 9.59 Å². The number of carbonyl (C=O) groups excluding carboxylic acids is 2. The van der Waals surface area contributed by atoms with Gasteiger partial charge < -0.3 is 20.1 Å². The van der Waals surface area contributed by atoms with Crippen molar-refractivity contribution in [3.8, 4) is 5.75 Å². The van der Waals surface area contributed by atoms with Gasteiger partial charge in [-0.2, -0.15) is 0 Å². The van der Waals surface area contributed by atoms with Gasteiger partial charge in [0.1, 0.15) is 6.54 Å². The number of amides is 1. The van der Waals surface area contributed by atoms with Gasteiger partial charge in [-0.1, -0.05) is 12.1 Å². The van der Waals surface area contributed by atoms with Crippen molar-refractivity contribution in [2.24, 2.45) is 0 Å². The first-order valence-corrected chi connectivity index (χ1v) is 6.13. The van der Waals surface area contributed by atoms with Crippen LogP contribution in [0.15, 0.2) is 24.3 Å². The van der Waals surface area contributed by atoms with Crippen molar-refractivity contribution in [1.82, 2.24) is 5.32 Å². The minimum absolute atomic E-state index is 0.0408. The number of anilines is 1.